The second kappa shape index (κ2) is 16.7. The number of hydrogen-bond donors (Lipinski definition) is 0. The molecule has 0 N–H and O–H groups in total. The number of rotatable bonds is 3. The van der Waals surface area contributed by atoms with Gasteiger partial charge in [0.05, 0.1) is 34.9 Å². The van der Waals surface area contributed by atoms with Crippen LogP contribution in [0.5, 0.6) is 0 Å². The molecular weight excluding hydrogens is 783 g/mol. The fourth-order valence-electron chi connectivity index (χ4n) is 11.9. The van der Waals surface area contributed by atoms with Gasteiger partial charge in [-0.25, -0.2) is 0 Å². The summed E-state index contributed by atoms with van der Waals surface area (Å²) in [6, 6.07) is 15.2. The molecule has 0 saturated heterocycles. The summed E-state index contributed by atoms with van der Waals surface area (Å²) in [7, 11) is 36.4. The normalized spacial score (nSPS) is 11.6. The average molecular weight is 819 g/mol. The topological polar surface area (TPSA) is 143 Å². The van der Waals surface area contributed by atoms with Crippen molar-refractivity contribution in [2.24, 2.45) is 0 Å². The minimum atomic E-state index is 0.392. The number of benzene rings is 6. The van der Waals surface area contributed by atoms with Gasteiger partial charge in [-0.2, -0.15) is 31.6 Å². The molecule has 1 aliphatic carbocycles. The van der Waals surface area contributed by atoms with E-state index in [4.69, 9.17) is 0 Å². The van der Waals surface area contributed by atoms with Crippen LogP contribution < -0.4 is 98.3 Å². The Kier molecular flexibility index (Phi) is 12.0. The molecule has 0 unspecified atom stereocenters. The molecule has 6 nitrogen and oxygen atoms in total. The first-order valence-electron chi connectivity index (χ1n) is 22.3. The van der Waals surface area contributed by atoms with E-state index in [1.807, 2.05) is 141 Å². The van der Waals surface area contributed by atoms with E-state index in [-0.39, 0.29) is 0 Å². The molecule has 0 atom stereocenters. The lowest BCUT2D eigenvalue weighted by atomic mass is 9.61. The standard InChI is InChI=1S/C42H36B18N6/c43-25-10(4-64)28(46)37(55)22-19(25)40(58)34(52)16(31(22)49)7(1-61)13-14(8(2-62)17-32(50)23-20(41(59)35(17)53)26(44)11(5-65)29(47)38(23)56)15(13)9(3-63)18-33(51)24-21(42(60)36(18)54)27(45)12(6-66)30(48)39(24)57/h43-60H2. The van der Waals surface area contributed by atoms with Gasteiger partial charge < -0.3 is 0 Å². The summed E-state index contributed by atoms with van der Waals surface area (Å²) in [5.41, 5.74) is 23.8. The van der Waals surface area contributed by atoms with Crippen LogP contribution in [0, 0.1) is 68.0 Å². The van der Waals surface area contributed by atoms with Crippen molar-refractivity contribution in [3.05, 3.63) is 50.1 Å². The van der Waals surface area contributed by atoms with Crippen molar-refractivity contribution in [3.8, 4) is 36.4 Å². The van der Waals surface area contributed by atoms with E-state index in [0.717, 1.165) is 147 Å². The number of hydrogen-bond acceptors (Lipinski definition) is 6. The molecule has 6 aromatic rings. The second-order valence-corrected chi connectivity index (χ2v) is 18.7. The van der Waals surface area contributed by atoms with E-state index in [2.05, 4.69) is 36.4 Å². The predicted octanol–water partition coefficient (Wildman–Crippen LogP) is -22.3. The molecule has 0 bridgehead atoms. The van der Waals surface area contributed by atoms with E-state index in [9.17, 15) is 31.6 Å². The fraction of sp³-hybridized carbons (Fsp3) is 0. The van der Waals surface area contributed by atoms with Crippen LogP contribution in [0.15, 0.2) is 16.7 Å². The Morgan fingerprint density at radius 3 is 0.591 bits per heavy atom. The second-order valence-electron chi connectivity index (χ2n) is 18.7. The van der Waals surface area contributed by atoms with Crippen LogP contribution in [0.1, 0.15) is 33.4 Å². The number of allylic oxidation sites excluding steroid dienone is 6. The molecule has 24 heteroatoms. The maximum atomic E-state index is 11.6. The van der Waals surface area contributed by atoms with Gasteiger partial charge in [0, 0.05) is 33.4 Å². The summed E-state index contributed by atoms with van der Waals surface area (Å²) in [6.45, 7) is 0. The smallest absolute Gasteiger partial charge is 0.141 e. The molecular formula is C42H36B18N6. The maximum Gasteiger partial charge on any atom is 0.141 e. The molecule has 1 fully saturated rings. The zero-order valence-corrected chi connectivity index (χ0v) is 41.7. The van der Waals surface area contributed by atoms with Crippen LogP contribution >= 0.6 is 0 Å². The van der Waals surface area contributed by atoms with Gasteiger partial charge in [0.2, 0.25) is 0 Å². The van der Waals surface area contributed by atoms with Crippen LogP contribution in [-0.2, 0) is 0 Å². The van der Waals surface area contributed by atoms with Gasteiger partial charge in [-0.1, -0.05) is 98.3 Å². The van der Waals surface area contributed by atoms with E-state index < -0.39 is 0 Å². The first kappa shape index (κ1) is 47.4. The first-order chi connectivity index (χ1) is 31.1. The van der Waals surface area contributed by atoms with Crippen LogP contribution in [0.25, 0.3) is 49.0 Å². The van der Waals surface area contributed by atoms with E-state index >= 15 is 0 Å². The molecule has 7 rings (SSSR count). The van der Waals surface area contributed by atoms with Crippen LogP contribution in [-0.4, -0.2) is 141 Å². The van der Waals surface area contributed by atoms with Crippen LogP contribution in [0.3, 0.4) is 0 Å². The Labute approximate surface area is 404 Å². The molecule has 0 aliphatic heterocycles. The number of fused-ring (bicyclic) bond motifs is 3. The first-order valence-corrected chi connectivity index (χ1v) is 22.3. The Balaban J connectivity index is 1.77. The van der Waals surface area contributed by atoms with Gasteiger partial charge in [-0.3, -0.25) is 0 Å². The molecule has 0 heterocycles. The van der Waals surface area contributed by atoms with Gasteiger partial charge in [0.1, 0.15) is 159 Å². The van der Waals surface area contributed by atoms with Crippen LogP contribution in [0.2, 0.25) is 0 Å². The molecule has 1 aliphatic rings. The van der Waals surface area contributed by atoms with E-state index in [1.165, 1.54) is 0 Å². The van der Waals surface area contributed by atoms with Gasteiger partial charge in [-0.15, -0.1) is 0 Å². The summed E-state index contributed by atoms with van der Waals surface area (Å²) in [6.07, 6.45) is 0. The summed E-state index contributed by atoms with van der Waals surface area (Å²) < 4.78 is 0. The highest BCUT2D eigenvalue weighted by atomic mass is 14.5. The van der Waals surface area contributed by atoms with Gasteiger partial charge in [-0.05, 0) is 49.0 Å². The number of nitriles is 6. The molecule has 288 valence electrons. The largest absolute Gasteiger partial charge is 0.192 e. The van der Waals surface area contributed by atoms with Crippen molar-refractivity contribution in [3.63, 3.8) is 0 Å². The third kappa shape index (κ3) is 6.22. The van der Waals surface area contributed by atoms with Crippen molar-refractivity contribution in [1.82, 2.24) is 0 Å². The third-order valence-electron chi connectivity index (χ3n) is 16.0. The summed E-state index contributed by atoms with van der Waals surface area (Å²) in [4.78, 5) is 0. The van der Waals surface area contributed by atoms with E-state index in [1.54, 1.807) is 0 Å². The lowest BCUT2D eigenvalue weighted by Crippen LogP contribution is -2.45. The molecule has 1 saturated carbocycles. The highest BCUT2D eigenvalue weighted by Gasteiger charge is 2.43. The molecule has 6 aromatic carbocycles. The van der Waals surface area contributed by atoms with Crippen molar-refractivity contribution in [1.29, 1.82) is 31.6 Å². The highest BCUT2D eigenvalue weighted by Crippen LogP contribution is 2.55. The van der Waals surface area contributed by atoms with Gasteiger partial charge in [0.15, 0.2) is 0 Å². The van der Waals surface area contributed by atoms with E-state index in [0.29, 0.717) is 50.1 Å². The molecule has 0 aromatic heterocycles. The lowest BCUT2D eigenvalue weighted by Gasteiger charge is -2.23. The molecule has 0 radical (unpaired) electrons. The lowest BCUT2D eigenvalue weighted by molar-refractivity contribution is 1.52. The number of nitrogens with zero attached hydrogens (tertiary/aromatic N) is 6. The Hall–Kier alpha value is -6.57. The molecule has 66 heavy (non-hydrogen) atoms. The maximum absolute atomic E-state index is 11.6. The molecule has 0 spiro atoms. The summed E-state index contributed by atoms with van der Waals surface area (Å²) in [5.74, 6) is 0. The van der Waals surface area contributed by atoms with Gasteiger partial charge >= 0.3 is 0 Å². The monoisotopic (exact) mass is 822 g/mol. The average Bonchev–Trinajstić information content (AvgIpc) is 4.00. The zero-order valence-electron chi connectivity index (χ0n) is 41.7. The fourth-order valence-corrected chi connectivity index (χ4v) is 11.9. The summed E-state index contributed by atoms with van der Waals surface area (Å²) >= 11 is 0. The molecule has 0 amide bonds. The minimum absolute atomic E-state index is 0.392. The zero-order chi connectivity index (χ0) is 49.0. The highest BCUT2D eigenvalue weighted by molar-refractivity contribution is 6.70. The summed E-state index contributed by atoms with van der Waals surface area (Å²) in [5, 5.41) is 71.6. The SMILES string of the molecule is Bc1c(C(C#N)=C2C(=C(C#N)c3c(B)c(B)c4c(B)c(C#N)c(B)c(B)c4c3B)C2=C(C#N)c2c(B)c(B)c3c(B)c(C#N)c(B)c(B)c3c2B)c(B)c2c(B)c(B)c(C#N)c(B)c2c1B. The minimum Gasteiger partial charge on any atom is -0.192 e. The third-order valence-corrected chi connectivity index (χ3v) is 16.0. The quantitative estimate of drug-likeness (QED) is 0.128. The van der Waals surface area contributed by atoms with Crippen LogP contribution in [0.4, 0.5) is 0 Å². The van der Waals surface area contributed by atoms with Crippen molar-refractivity contribution in [2.45, 2.75) is 0 Å². The van der Waals surface area contributed by atoms with Crippen molar-refractivity contribution in [2.75, 3.05) is 0 Å². The van der Waals surface area contributed by atoms with Crippen molar-refractivity contribution < 1.29 is 0 Å². The van der Waals surface area contributed by atoms with Gasteiger partial charge in [0.25, 0.3) is 0 Å². The Morgan fingerprint density at radius 1 is 0.227 bits per heavy atom. The van der Waals surface area contributed by atoms with Crippen molar-refractivity contribution >= 4 is 289 Å². The predicted molar refractivity (Wildman–Crippen MR) is 331 cm³/mol. The Bertz CT molecular complexity index is 3400. The Morgan fingerprint density at radius 2 is 0.409 bits per heavy atom.